The molecule has 0 heterocycles. The van der Waals surface area contributed by atoms with Gasteiger partial charge in [0.25, 0.3) is 0 Å². The molecule has 1 nitrogen and oxygen atoms in total. The van der Waals surface area contributed by atoms with E-state index in [1.807, 2.05) is 0 Å². The van der Waals surface area contributed by atoms with Crippen LogP contribution >= 0.6 is 0 Å². The minimum absolute atomic E-state index is 0. The van der Waals surface area contributed by atoms with Gasteiger partial charge in [-0.2, -0.15) is 0 Å². The number of rotatable bonds is 14. The maximum absolute atomic E-state index is 10.2. The topological polar surface area (TPSA) is 23.1 Å². The van der Waals surface area contributed by atoms with Crippen molar-refractivity contribution in [1.29, 1.82) is 0 Å². The Kier molecular flexibility index (Phi) is 24.0. The molecule has 0 bridgehead atoms. The molecule has 0 aliphatic rings. The zero-order chi connectivity index (χ0) is 12.6. The summed E-state index contributed by atoms with van der Waals surface area (Å²) in [7, 11) is 0. The molecule has 0 fully saturated rings. The van der Waals surface area contributed by atoms with Crippen LogP contribution in [0.1, 0.15) is 96.8 Å². The third-order valence-corrected chi connectivity index (χ3v) is 3.50. The fourth-order valence-corrected chi connectivity index (χ4v) is 2.30. The van der Waals surface area contributed by atoms with E-state index >= 15 is 0 Å². The number of hydrogen-bond acceptors (Lipinski definition) is 1. The fraction of sp³-hybridized carbons (Fsp3) is 1.00. The van der Waals surface area contributed by atoms with Crippen LogP contribution in [0.3, 0.4) is 0 Å². The molecule has 0 spiro atoms. The third-order valence-electron chi connectivity index (χ3n) is 3.50. The van der Waals surface area contributed by atoms with Gasteiger partial charge >= 0.3 is 29.6 Å². The normalized spacial score (nSPS) is 10.3. The Morgan fingerprint density at radius 3 is 1.06 bits per heavy atom. The average Bonchev–Trinajstić information content (AvgIpc) is 2.35. The van der Waals surface area contributed by atoms with E-state index in [0.29, 0.717) is 0 Å². The van der Waals surface area contributed by atoms with Gasteiger partial charge in [0.2, 0.25) is 0 Å². The minimum atomic E-state index is 0. The van der Waals surface area contributed by atoms with Crippen molar-refractivity contribution in [2.45, 2.75) is 96.8 Å². The summed E-state index contributed by atoms with van der Waals surface area (Å²) in [5.74, 6) is 0. The van der Waals surface area contributed by atoms with Crippen LogP contribution in [-0.2, 0) is 0 Å². The van der Waals surface area contributed by atoms with Crippen LogP contribution in [0.5, 0.6) is 0 Å². The van der Waals surface area contributed by atoms with Gasteiger partial charge in [-0.15, -0.1) is 6.61 Å². The molecule has 0 aromatic heterocycles. The summed E-state index contributed by atoms with van der Waals surface area (Å²) in [6.45, 7) is 2.40. The van der Waals surface area contributed by atoms with Crippen molar-refractivity contribution in [3.63, 3.8) is 0 Å². The van der Waals surface area contributed by atoms with Crippen LogP contribution in [0.4, 0.5) is 0 Å². The van der Waals surface area contributed by atoms with Crippen molar-refractivity contribution in [3.05, 3.63) is 0 Å². The van der Waals surface area contributed by atoms with Crippen molar-refractivity contribution < 1.29 is 34.7 Å². The van der Waals surface area contributed by atoms with Gasteiger partial charge < -0.3 is 5.11 Å². The van der Waals surface area contributed by atoms with E-state index < -0.39 is 0 Å². The van der Waals surface area contributed by atoms with Gasteiger partial charge in [-0.05, 0) is 0 Å². The molecule has 0 saturated heterocycles. The van der Waals surface area contributed by atoms with Gasteiger partial charge in [0.05, 0.1) is 0 Å². The first-order valence-electron chi connectivity index (χ1n) is 8.00. The van der Waals surface area contributed by atoms with Crippen molar-refractivity contribution >= 4 is 0 Å². The summed E-state index contributed by atoms with van der Waals surface area (Å²) in [6.07, 6.45) is 18.9. The summed E-state index contributed by atoms with van der Waals surface area (Å²) in [4.78, 5) is 0. The Morgan fingerprint density at radius 2 is 0.778 bits per heavy atom. The van der Waals surface area contributed by atoms with Crippen molar-refractivity contribution in [1.82, 2.24) is 0 Å². The molecule has 0 saturated carbocycles. The van der Waals surface area contributed by atoms with Crippen LogP contribution in [-0.4, -0.2) is 6.61 Å². The van der Waals surface area contributed by atoms with Crippen LogP contribution in [0.25, 0.3) is 0 Å². The smallest absolute Gasteiger partial charge is 0.854 e. The molecule has 0 aromatic rings. The Balaban J connectivity index is 0. The summed E-state index contributed by atoms with van der Waals surface area (Å²) in [5, 5.41) is 10.2. The number of hydrogen-bond donors (Lipinski definition) is 0. The molecule has 0 amide bonds. The second kappa shape index (κ2) is 20.3. The summed E-state index contributed by atoms with van der Waals surface area (Å²) < 4.78 is 0. The minimum Gasteiger partial charge on any atom is -0.854 e. The van der Waals surface area contributed by atoms with E-state index in [-0.39, 0.29) is 36.2 Å². The molecule has 0 aliphatic heterocycles. The average molecular weight is 264 g/mol. The van der Waals surface area contributed by atoms with Gasteiger partial charge in [-0.3, -0.25) is 0 Å². The van der Waals surface area contributed by atoms with E-state index in [0.717, 1.165) is 12.8 Å². The van der Waals surface area contributed by atoms with Crippen LogP contribution in [0, 0.1) is 0 Å². The maximum atomic E-state index is 10.2. The predicted octanol–water partition coefficient (Wildman–Crippen LogP) is 1.83. The Hall–Kier alpha value is 0.960. The second-order valence-electron chi connectivity index (χ2n) is 5.30. The first-order chi connectivity index (χ1) is 8.41. The SMILES string of the molecule is CCCCCCCCCCCCCCCC[O-].[Na+]. The summed E-state index contributed by atoms with van der Waals surface area (Å²) in [6, 6.07) is 0. The first-order valence-corrected chi connectivity index (χ1v) is 8.00. The molecule has 104 valence electrons. The molecule has 0 N–H and O–H groups in total. The second-order valence-corrected chi connectivity index (χ2v) is 5.30. The van der Waals surface area contributed by atoms with Crippen molar-refractivity contribution in [2.75, 3.05) is 6.61 Å². The van der Waals surface area contributed by atoms with Crippen LogP contribution < -0.4 is 34.7 Å². The van der Waals surface area contributed by atoms with Gasteiger partial charge in [-0.1, -0.05) is 96.8 Å². The Morgan fingerprint density at radius 1 is 0.500 bits per heavy atom. The van der Waals surface area contributed by atoms with E-state index in [1.54, 1.807) is 0 Å². The molecule has 18 heavy (non-hydrogen) atoms. The molecule has 0 radical (unpaired) electrons. The van der Waals surface area contributed by atoms with Gasteiger partial charge in [0.1, 0.15) is 0 Å². The Labute approximate surface area is 137 Å². The van der Waals surface area contributed by atoms with Gasteiger partial charge in [0.15, 0.2) is 0 Å². The summed E-state index contributed by atoms with van der Waals surface area (Å²) >= 11 is 0. The van der Waals surface area contributed by atoms with Crippen LogP contribution in [0.2, 0.25) is 0 Å². The van der Waals surface area contributed by atoms with E-state index in [1.165, 1.54) is 77.0 Å². The predicted molar refractivity (Wildman–Crippen MR) is 75.2 cm³/mol. The molecule has 2 heteroatoms. The maximum Gasteiger partial charge on any atom is 1.00 e. The zero-order valence-electron chi connectivity index (χ0n) is 13.0. The molecule has 0 atom stereocenters. The molecular formula is C16H33NaO. The molecule has 0 aliphatic carbocycles. The summed E-state index contributed by atoms with van der Waals surface area (Å²) in [5.41, 5.74) is 0. The molecule has 0 rings (SSSR count). The van der Waals surface area contributed by atoms with E-state index in [9.17, 15) is 5.11 Å². The largest absolute Gasteiger partial charge is 1.00 e. The molecule has 0 unspecified atom stereocenters. The monoisotopic (exact) mass is 264 g/mol. The van der Waals surface area contributed by atoms with Gasteiger partial charge in [0, 0.05) is 0 Å². The standard InChI is InChI=1S/C16H33O.Na/c1-2-3-4-5-6-7-8-9-10-11-12-13-14-15-16-17;/h2-16H2,1H3;/q-1;+1. The van der Waals surface area contributed by atoms with Gasteiger partial charge in [-0.25, -0.2) is 0 Å². The molecular weight excluding hydrogens is 231 g/mol. The van der Waals surface area contributed by atoms with E-state index in [2.05, 4.69) is 6.92 Å². The molecule has 0 aromatic carbocycles. The first kappa shape index (κ1) is 21.3. The fourth-order valence-electron chi connectivity index (χ4n) is 2.30. The number of unbranched alkanes of at least 4 members (excludes halogenated alkanes) is 13. The van der Waals surface area contributed by atoms with Crippen molar-refractivity contribution in [3.8, 4) is 0 Å². The zero-order valence-corrected chi connectivity index (χ0v) is 15.0. The van der Waals surface area contributed by atoms with Crippen molar-refractivity contribution in [2.24, 2.45) is 0 Å². The quantitative estimate of drug-likeness (QED) is 0.347. The van der Waals surface area contributed by atoms with E-state index in [4.69, 9.17) is 0 Å². The third kappa shape index (κ3) is 19.3. The van der Waals surface area contributed by atoms with Crippen LogP contribution in [0.15, 0.2) is 0 Å². The Bertz CT molecular complexity index is 114.